The first kappa shape index (κ1) is 12.5. The van der Waals surface area contributed by atoms with Gasteiger partial charge in [0.15, 0.2) is 11.6 Å². The van der Waals surface area contributed by atoms with Crippen LogP contribution < -0.4 is 5.73 Å². The summed E-state index contributed by atoms with van der Waals surface area (Å²) in [5.74, 6) is -1.84. The molecular weight excluding hydrogens is 236 g/mol. The molecule has 0 saturated heterocycles. The van der Waals surface area contributed by atoms with E-state index in [9.17, 15) is 13.9 Å². The number of rotatable bonds is 3. The number of hydrogen-bond donors (Lipinski definition) is 2. The van der Waals surface area contributed by atoms with Crippen LogP contribution in [0.15, 0.2) is 42.5 Å². The molecule has 18 heavy (non-hydrogen) atoms. The van der Waals surface area contributed by atoms with Crippen molar-refractivity contribution in [2.45, 2.75) is 12.5 Å². The van der Waals surface area contributed by atoms with Crippen LogP contribution in [0.5, 0.6) is 0 Å². The summed E-state index contributed by atoms with van der Waals surface area (Å²) in [5.41, 5.74) is 6.79. The van der Waals surface area contributed by atoms with Crippen LogP contribution >= 0.6 is 0 Å². The molecule has 2 aromatic carbocycles. The summed E-state index contributed by atoms with van der Waals surface area (Å²) in [6, 6.07) is 10.7. The fourth-order valence-corrected chi connectivity index (χ4v) is 1.84. The van der Waals surface area contributed by atoms with E-state index in [0.717, 1.165) is 6.07 Å². The first-order valence-corrected chi connectivity index (χ1v) is 5.55. The van der Waals surface area contributed by atoms with Crippen molar-refractivity contribution in [2.24, 2.45) is 0 Å². The molecule has 0 aromatic heterocycles. The van der Waals surface area contributed by atoms with E-state index in [2.05, 4.69) is 0 Å². The lowest BCUT2D eigenvalue weighted by Gasteiger charge is -2.14. The fourth-order valence-electron chi connectivity index (χ4n) is 1.84. The fraction of sp³-hybridized carbons (Fsp3) is 0.143. The van der Waals surface area contributed by atoms with Crippen molar-refractivity contribution in [2.75, 3.05) is 5.73 Å². The number of para-hydroxylation sites is 1. The summed E-state index contributed by atoms with van der Waals surface area (Å²) in [6.07, 6.45) is -0.972. The lowest BCUT2D eigenvalue weighted by atomic mass is 10.00. The van der Waals surface area contributed by atoms with Gasteiger partial charge in [0, 0.05) is 17.7 Å². The van der Waals surface area contributed by atoms with E-state index >= 15 is 0 Å². The summed E-state index contributed by atoms with van der Waals surface area (Å²) in [6.45, 7) is 0. The molecule has 4 heteroatoms. The zero-order valence-corrected chi connectivity index (χ0v) is 9.61. The summed E-state index contributed by atoms with van der Waals surface area (Å²) in [5, 5.41) is 10.0. The van der Waals surface area contributed by atoms with E-state index in [-0.39, 0.29) is 12.0 Å². The largest absolute Gasteiger partial charge is 0.398 e. The Labute approximate surface area is 104 Å². The predicted molar refractivity (Wildman–Crippen MR) is 65.9 cm³/mol. The van der Waals surface area contributed by atoms with E-state index in [4.69, 9.17) is 5.73 Å². The minimum absolute atomic E-state index is 0.0161. The van der Waals surface area contributed by atoms with Gasteiger partial charge in [-0.1, -0.05) is 30.3 Å². The van der Waals surface area contributed by atoms with Crippen LogP contribution in [-0.2, 0) is 6.42 Å². The molecule has 0 aliphatic heterocycles. The molecule has 0 heterocycles. The predicted octanol–water partition coefficient (Wildman–Crippen LogP) is 2.82. The highest BCUT2D eigenvalue weighted by Crippen LogP contribution is 2.25. The zero-order chi connectivity index (χ0) is 13.1. The van der Waals surface area contributed by atoms with Gasteiger partial charge in [0.2, 0.25) is 0 Å². The van der Waals surface area contributed by atoms with Crippen LogP contribution in [-0.4, -0.2) is 5.11 Å². The third-order valence-electron chi connectivity index (χ3n) is 2.80. The van der Waals surface area contributed by atoms with Gasteiger partial charge in [-0.3, -0.25) is 0 Å². The normalized spacial score (nSPS) is 12.4. The van der Waals surface area contributed by atoms with Crippen LogP contribution in [0.3, 0.4) is 0 Å². The monoisotopic (exact) mass is 249 g/mol. The van der Waals surface area contributed by atoms with E-state index in [0.29, 0.717) is 11.3 Å². The maximum Gasteiger partial charge on any atom is 0.162 e. The average Bonchev–Trinajstić information content (AvgIpc) is 2.35. The Hall–Kier alpha value is -1.94. The lowest BCUT2D eigenvalue weighted by Crippen LogP contribution is -2.07. The van der Waals surface area contributed by atoms with E-state index < -0.39 is 17.7 Å². The Morgan fingerprint density at radius 3 is 2.50 bits per heavy atom. The zero-order valence-electron chi connectivity index (χ0n) is 9.61. The second-order valence-corrected chi connectivity index (χ2v) is 4.06. The molecule has 2 rings (SSSR count). The summed E-state index contributed by atoms with van der Waals surface area (Å²) < 4.78 is 26.5. The third kappa shape index (κ3) is 2.49. The molecule has 0 radical (unpaired) electrons. The van der Waals surface area contributed by atoms with Gasteiger partial charge in [-0.15, -0.1) is 0 Å². The molecule has 0 spiro atoms. The first-order chi connectivity index (χ1) is 8.59. The van der Waals surface area contributed by atoms with Crippen molar-refractivity contribution < 1.29 is 13.9 Å². The summed E-state index contributed by atoms with van der Waals surface area (Å²) in [4.78, 5) is 0. The molecule has 0 bridgehead atoms. The van der Waals surface area contributed by atoms with E-state index in [1.54, 1.807) is 24.3 Å². The molecule has 94 valence electrons. The van der Waals surface area contributed by atoms with Gasteiger partial charge in [0.1, 0.15) is 0 Å². The van der Waals surface area contributed by atoms with Gasteiger partial charge < -0.3 is 10.8 Å². The summed E-state index contributed by atoms with van der Waals surface area (Å²) >= 11 is 0. The SMILES string of the molecule is Nc1ccccc1C(O)Cc1cccc(F)c1F. The Morgan fingerprint density at radius 2 is 1.78 bits per heavy atom. The van der Waals surface area contributed by atoms with Gasteiger partial charge in [-0.05, 0) is 17.7 Å². The number of nitrogen functional groups attached to an aromatic ring is 1. The van der Waals surface area contributed by atoms with Crippen LogP contribution in [0.1, 0.15) is 17.2 Å². The molecule has 0 aliphatic rings. The number of aliphatic hydroxyl groups is 1. The molecule has 0 saturated carbocycles. The minimum atomic E-state index is -0.956. The smallest absolute Gasteiger partial charge is 0.162 e. The minimum Gasteiger partial charge on any atom is -0.398 e. The second-order valence-electron chi connectivity index (χ2n) is 4.06. The Kier molecular flexibility index (Phi) is 3.58. The van der Waals surface area contributed by atoms with Crippen LogP contribution in [0.2, 0.25) is 0 Å². The highest BCUT2D eigenvalue weighted by molar-refractivity contribution is 5.48. The first-order valence-electron chi connectivity index (χ1n) is 5.55. The molecule has 3 N–H and O–H groups in total. The Balaban J connectivity index is 2.24. The maximum absolute atomic E-state index is 13.5. The Bertz CT molecular complexity index is 557. The van der Waals surface area contributed by atoms with Gasteiger partial charge >= 0.3 is 0 Å². The number of anilines is 1. The van der Waals surface area contributed by atoms with Crippen molar-refractivity contribution >= 4 is 5.69 Å². The van der Waals surface area contributed by atoms with E-state index in [1.165, 1.54) is 12.1 Å². The number of hydrogen-bond acceptors (Lipinski definition) is 2. The van der Waals surface area contributed by atoms with Crippen LogP contribution in [0, 0.1) is 11.6 Å². The topological polar surface area (TPSA) is 46.2 Å². The lowest BCUT2D eigenvalue weighted by molar-refractivity contribution is 0.177. The van der Waals surface area contributed by atoms with Gasteiger partial charge in [-0.2, -0.15) is 0 Å². The van der Waals surface area contributed by atoms with Crippen molar-refractivity contribution in [1.29, 1.82) is 0 Å². The van der Waals surface area contributed by atoms with Gasteiger partial charge in [-0.25, -0.2) is 8.78 Å². The van der Waals surface area contributed by atoms with Crippen molar-refractivity contribution in [1.82, 2.24) is 0 Å². The van der Waals surface area contributed by atoms with Gasteiger partial charge in [0.05, 0.1) is 6.10 Å². The molecule has 0 aliphatic carbocycles. The van der Waals surface area contributed by atoms with Crippen LogP contribution in [0.25, 0.3) is 0 Å². The molecule has 2 nitrogen and oxygen atoms in total. The highest BCUT2D eigenvalue weighted by Gasteiger charge is 2.15. The maximum atomic E-state index is 13.5. The molecule has 0 amide bonds. The standard InChI is InChI=1S/C14H13F2NO/c15-11-6-3-4-9(14(11)16)8-13(18)10-5-1-2-7-12(10)17/h1-7,13,18H,8,17H2. The molecule has 2 aromatic rings. The third-order valence-corrected chi connectivity index (χ3v) is 2.80. The summed E-state index contributed by atoms with van der Waals surface area (Å²) in [7, 11) is 0. The molecule has 1 unspecified atom stereocenters. The Morgan fingerprint density at radius 1 is 1.06 bits per heavy atom. The highest BCUT2D eigenvalue weighted by atomic mass is 19.2. The van der Waals surface area contributed by atoms with Crippen molar-refractivity contribution in [3.63, 3.8) is 0 Å². The van der Waals surface area contributed by atoms with Crippen molar-refractivity contribution in [3.05, 3.63) is 65.2 Å². The molecule has 1 atom stereocenters. The molecule has 0 fully saturated rings. The quantitative estimate of drug-likeness (QED) is 0.822. The van der Waals surface area contributed by atoms with Gasteiger partial charge in [0.25, 0.3) is 0 Å². The second kappa shape index (κ2) is 5.14. The number of halogens is 2. The average molecular weight is 249 g/mol. The van der Waals surface area contributed by atoms with Crippen LogP contribution in [0.4, 0.5) is 14.5 Å². The molecular formula is C14H13F2NO. The van der Waals surface area contributed by atoms with Crippen molar-refractivity contribution in [3.8, 4) is 0 Å². The number of aliphatic hydroxyl groups excluding tert-OH is 1. The number of benzene rings is 2. The number of nitrogens with two attached hydrogens (primary N) is 1. The van der Waals surface area contributed by atoms with E-state index in [1.807, 2.05) is 0 Å².